The van der Waals surface area contributed by atoms with E-state index in [0.29, 0.717) is 36.2 Å². The van der Waals surface area contributed by atoms with Crippen LogP contribution in [0.4, 0.5) is 0 Å². The monoisotopic (exact) mass is 407 g/mol. The van der Waals surface area contributed by atoms with Crippen molar-refractivity contribution < 1.29 is 14.7 Å². The van der Waals surface area contributed by atoms with Crippen molar-refractivity contribution in [1.29, 1.82) is 0 Å². The lowest BCUT2D eigenvalue weighted by atomic mass is 9.97. The number of carboxylic acids is 1. The SMILES string of the molecule is C=CC(=C)C(=NC(=C)C(=C)Cl)/C(C)=C(\N)C(=O)N1CCCC(C(=O)O)C1.CC. The number of halogens is 1. The molecule has 1 unspecified atom stereocenters. The van der Waals surface area contributed by atoms with Crippen LogP contribution in [0.25, 0.3) is 0 Å². The van der Waals surface area contributed by atoms with Crippen LogP contribution >= 0.6 is 11.6 Å². The summed E-state index contributed by atoms with van der Waals surface area (Å²) in [4.78, 5) is 29.6. The average molecular weight is 408 g/mol. The molecule has 1 aliphatic heterocycles. The van der Waals surface area contributed by atoms with Gasteiger partial charge < -0.3 is 15.7 Å². The Morgan fingerprint density at radius 1 is 1.29 bits per heavy atom. The minimum Gasteiger partial charge on any atom is -0.481 e. The maximum atomic E-state index is 12.7. The Morgan fingerprint density at radius 2 is 1.86 bits per heavy atom. The molecule has 1 rings (SSSR count). The fourth-order valence-electron chi connectivity index (χ4n) is 2.51. The van der Waals surface area contributed by atoms with Gasteiger partial charge in [-0.15, -0.1) is 0 Å². The van der Waals surface area contributed by atoms with E-state index in [0.717, 1.165) is 0 Å². The summed E-state index contributed by atoms with van der Waals surface area (Å²) < 4.78 is 0. The zero-order chi connectivity index (χ0) is 22.0. The van der Waals surface area contributed by atoms with Gasteiger partial charge >= 0.3 is 5.97 Å². The highest BCUT2D eigenvalue weighted by atomic mass is 35.5. The maximum absolute atomic E-state index is 12.7. The van der Waals surface area contributed by atoms with Crippen LogP contribution in [0.2, 0.25) is 0 Å². The molecule has 6 nitrogen and oxygen atoms in total. The van der Waals surface area contributed by atoms with Crippen LogP contribution in [0.15, 0.2) is 65.0 Å². The van der Waals surface area contributed by atoms with E-state index in [-0.39, 0.29) is 23.0 Å². The zero-order valence-corrected chi connectivity index (χ0v) is 17.7. The van der Waals surface area contributed by atoms with Crippen molar-refractivity contribution in [3.63, 3.8) is 0 Å². The largest absolute Gasteiger partial charge is 0.481 e. The maximum Gasteiger partial charge on any atom is 0.308 e. The molecule has 0 radical (unpaired) electrons. The summed E-state index contributed by atoms with van der Waals surface area (Å²) in [5.41, 5.74) is 7.39. The molecule has 1 fully saturated rings. The van der Waals surface area contributed by atoms with Gasteiger partial charge in [-0.2, -0.15) is 0 Å². The van der Waals surface area contributed by atoms with Gasteiger partial charge in [-0.3, -0.25) is 9.59 Å². The van der Waals surface area contributed by atoms with E-state index in [4.69, 9.17) is 17.3 Å². The second-order valence-corrected chi connectivity index (χ2v) is 6.46. The standard InChI is InChI=1S/C19H24ClN3O3.C2H6/c1-6-11(2)17(22-14(5)13(4)20)12(3)16(21)18(24)23-9-7-8-15(10-23)19(25)26;1-2/h6,15H,1-2,4-5,7-10,21H2,3H3,(H,25,26);1-2H3/b16-12-,22-17?;. The van der Waals surface area contributed by atoms with Crippen LogP contribution in [0.1, 0.15) is 33.6 Å². The molecule has 3 N–H and O–H groups in total. The fraction of sp³-hybridized carbons (Fsp3) is 0.381. The van der Waals surface area contributed by atoms with Crippen LogP contribution in [0, 0.1) is 5.92 Å². The highest BCUT2D eigenvalue weighted by molar-refractivity contribution is 6.31. The molecule has 0 aliphatic carbocycles. The third kappa shape index (κ3) is 6.85. The first kappa shape index (κ1) is 25.4. The quantitative estimate of drug-likeness (QED) is 0.378. The number of hydrogen-bond acceptors (Lipinski definition) is 4. The van der Waals surface area contributed by atoms with Gasteiger partial charge in [0.15, 0.2) is 0 Å². The lowest BCUT2D eigenvalue weighted by Gasteiger charge is -2.31. The second kappa shape index (κ2) is 12.0. The molecule has 0 aromatic rings. The van der Waals surface area contributed by atoms with Gasteiger partial charge in [0, 0.05) is 18.7 Å². The number of nitrogens with zero attached hydrogens (tertiary/aromatic N) is 2. The molecule has 1 aliphatic rings. The summed E-state index contributed by atoms with van der Waals surface area (Å²) >= 11 is 5.80. The Balaban J connectivity index is 0.00000352. The Morgan fingerprint density at radius 3 is 2.32 bits per heavy atom. The van der Waals surface area contributed by atoms with Crippen molar-refractivity contribution in [2.45, 2.75) is 33.6 Å². The van der Waals surface area contributed by atoms with E-state index in [1.54, 1.807) is 6.92 Å². The van der Waals surface area contributed by atoms with E-state index in [9.17, 15) is 14.7 Å². The molecule has 1 amide bonds. The summed E-state index contributed by atoms with van der Waals surface area (Å²) in [6.07, 6.45) is 2.63. The van der Waals surface area contributed by atoms with Crippen LogP contribution in [-0.4, -0.2) is 40.7 Å². The third-order valence-corrected chi connectivity index (χ3v) is 4.38. The number of piperidine rings is 1. The Labute approximate surface area is 172 Å². The van der Waals surface area contributed by atoms with Crippen molar-refractivity contribution in [2.75, 3.05) is 13.1 Å². The summed E-state index contributed by atoms with van der Waals surface area (Å²) in [5.74, 6) is -1.94. The van der Waals surface area contributed by atoms with E-state index >= 15 is 0 Å². The first-order valence-electron chi connectivity index (χ1n) is 9.03. The molecule has 28 heavy (non-hydrogen) atoms. The number of allylic oxidation sites excluding steroid dienone is 4. The first-order valence-corrected chi connectivity index (χ1v) is 9.40. The number of carbonyl (C=O) groups is 2. The zero-order valence-electron chi connectivity index (χ0n) is 16.9. The van der Waals surface area contributed by atoms with Crippen molar-refractivity contribution in [3.8, 4) is 0 Å². The molecule has 154 valence electrons. The lowest BCUT2D eigenvalue weighted by Crippen LogP contribution is -2.44. The Bertz CT molecular complexity index is 735. The summed E-state index contributed by atoms with van der Waals surface area (Å²) in [5, 5.41) is 9.33. The molecule has 0 saturated carbocycles. The van der Waals surface area contributed by atoms with Crippen LogP contribution in [-0.2, 0) is 9.59 Å². The van der Waals surface area contributed by atoms with E-state index in [1.807, 2.05) is 13.8 Å². The minimum absolute atomic E-state index is 0.0363. The lowest BCUT2D eigenvalue weighted by molar-refractivity contribution is -0.145. The van der Waals surface area contributed by atoms with Crippen molar-refractivity contribution >= 4 is 29.2 Å². The fourth-order valence-corrected chi connectivity index (χ4v) is 2.55. The number of carboxylic acid groups (broad SMARTS) is 1. The van der Waals surface area contributed by atoms with Crippen LogP contribution in [0.5, 0.6) is 0 Å². The molecular formula is C21H30ClN3O3. The smallest absolute Gasteiger partial charge is 0.308 e. The number of amides is 1. The van der Waals surface area contributed by atoms with Gasteiger partial charge in [0.2, 0.25) is 0 Å². The second-order valence-electron chi connectivity index (χ2n) is 6.01. The van der Waals surface area contributed by atoms with Crippen LogP contribution in [0.3, 0.4) is 0 Å². The average Bonchev–Trinajstić information content (AvgIpc) is 2.70. The highest BCUT2D eigenvalue weighted by Gasteiger charge is 2.29. The number of aliphatic carboxylic acids is 1. The predicted octanol–water partition coefficient (Wildman–Crippen LogP) is 4.02. The predicted molar refractivity (Wildman–Crippen MR) is 116 cm³/mol. The molecular weight excluding hydrogens is 378 g/mol. The number of likely N-dealkylation sites (tertiary alicyclic amines) is 1. The van der Waals surface area contributed by atoms with Gasteiger partial charge in [-0.25, -0.2) is 4.99 Å². The Kier molecular flexibility index (Phi) is 10.9. The number of hydrogen-bond donors (Lipinski definition) is 2. The third-order valence-electron chi connectivity index (χ3n) is 4.16. The van der Waals surface area contributed by atoms with Crippen molar-refractivity contribution in [2.24, 2.45) is 16.6 Å². The van der Waals surface area contributed by atoms with Gasteiger partial charge in [0.1, 0.15) is 5.70 Å². The number of rotatable bonds is 7. The molecule has 7 heteroatoms. The number of nitrogens with two attached hydrogens (primary N) is 1. The summed E-state index contributed by atoms with van der Waals surface area (Å²) in [7, 11) is 0. The molecule has 0 aromatic heterocycles. The first-order chi connectivity index (χ1) is 13.1. The number of aliphatic imine (C=N–C) groups is 1. The Hall–Kier alpha value is -2.60. The van der Waals surface area contributed by atoms with Gasteiger partial charge in [-0.05, 0) is 25.3 Å². The van der Waals surface area contributed by atoms with Gasteiger partial charge in [0.05, 0.1) is 22.4 Å². The summed E-state index contributed by atoms with van der Waals surface area (Å²) in [6.45, 7) is 21.0. The summed E-state index contributed by atoms with van der Waals surface area (Å²) in [6, 6.07) is 0. The van der Waals surface area contributed by atoms with E-state index < -0.39 is 17.8 Å². The van der Waals surface area contributed by atoms with E-state index in [1.165, 1.54) is 11.0 Å². The molecule has 0 bridgehead atoms. The van der Waals surface area contributed by atoms with Gasteiger partial charge in [-0.1, -0.05) is 57.8 Å². The molecule has 1 heterocycles. The minimum atomic E-state index is -0.916. The van der Waals surface area contributed by atoms with Gasteiger partial charge in [0.25, 0.3) is 5.91 Å². The topological polar surface area (TPSA) is 96.0 Å². The molecule has 1 saturated heterocycles. The molecule has 0 aromatic carbocycles. The molecule has 1 atom stereocenters. The van der Waals surface area contributed by atoms with Crippen molar-refractivity contribution in [3.05, 3.63) is 60.0 Å². The highest BCUT2D eigenvalue weighted by Crippen LogP contribution is 2.21. The van der Waals surface area contributed by atoms with Crippen molar-refractivity contribution in [1.82, 2.24) is 4.90 Å². The normalized spacial score (nSPS) is 17.5. The number of carbonyl (C=O) groups excluding carboxylic acids is 1. The van der Waals surface area contributed by atoms with Crippen LogP contribution < -0.4 is 5.73 Å². The molecule has 0 spiro atoms. The van der Waals surface area contributed by atoms with E-state index in [2.05, 4.69) is 31.3 Å².